The third-order valence-corrected chi connectivity index (χ3v) is 8.94. The van der Waals surface area contributed by atoms with Gasteiger partial charge in [0.15, 0.2) is 15.4 Å². The monoisotopic (exact) mass is 617 g/mol. The predicted molar refractivity (Wildman–Crippen MR) is 166 cm³/mol. The van der Waals surface area contributed by atoms with Gasteiger partial charge in [0.25, 0.3) is 11.8 Å². The molecule has 0 spiro atoms. The molecule has 2 N–H and O–H groups in total. The van der Waals surface area contributed by atoms with Crippen LogP contribution in [0.3, 0.4) is 0 Å². The summed E-state index contributed by atoms with van der Waals surface area (Å²) in [5.41, 5.74) is 2.39. The summed E-state index contributed by atoms with van der Waals surface area (Å²) in [5.74, 6) is -2.95. The van der Waals surface area contributed by atoms with Crippen LogP contribution in [0.4, 0.5) is 4.79 Å². The first-order valence-corrected chi connectivity index (χ1v) is 16.4. The van der Waals surface area contributed by atoms with Crippen LogP contribution in [0, 0.1) is 0 Å². The van der Waals surface area contributed by atoms with Gasteiger partial charge in [0.05, 0.1) is 11.5 Å². The van der Waals surface area contributed by atoms with Crippen LogP contribution in [0.5, 0.6) is 0 Å². The number of rotatable bonds is 11. The van der Waals surface area contributed by atoms with Gasteiger partial charge in [-0.2, -0.15) is 0 Å². The highest BCUT2D eigenvalue weighted by atomic mass is 32.2. The first-order chi connectivity index (χ1) is 21.3. The van der Waals surface area contributed by atoms with Gasteiger partial charge >= 0.3 is 11.9 Å². The van der Waals surface area contributed by atoms with E-state index in [1.165, 1.54) is 4.90 Å². The Hall–Kier alpha value is -4.55. The topological polar surface area (TPSA) is 142 Å². The van der Waals surface area contributed by atoms with Crippen LogP contribution in [0.15, 0.2) is 89.3 Å². The minimum Gasteiger partial charge on any atom is -0.432 e. The number of nitrogens with one attached hydrogen (secondary N) is 2. The van der Waals surface area contributed by atoms with E-state index >= 15 is 0 Å². The molecule has 3 aromatic carbocycles. The molecule has 2 heterocycles. The van der Waals surface area contributed by atoms with E-state index in [0.717, 1.165) is 10.5 Å². The van der Waals surface area contributed by atoms with Gasteiger partial charge in [-0.25, -0.2) is 18.2 Å². The van der Waals surface area contributed by atoms with Crippen LogP contribution in [0.2, 0.25) is 0 Å². The number of benzene rings is 3. The summed E-state index contributed by atoms with van der Waals surface area (Å²) in [6, 6.07) is 22.9. The number of hydrogen-bond acceptors (Lipinski definition) is 8. The first-order valence-electron chi connectivity index (χ1n) is 14.5. The number of sulfone groups is 1. The van der Waals surface area contributed by atoms with Gasteiger partial charge in [-0.15, -0.1) is 0 Å². The molecule has 4 amide bonds. The normalized spacial score (nSPS) is 14.2. The van der Waals surface area contributed by atoms with Crippen molar-refractivity contribution in [1.29, 1.82) is 0 Å². The molecule has 4 aromatic rings. The number of amides is 4. The van der Waals surface area contributed by atoms with Crippen LogP contribution in [0.1, 0.15) is 28.2 Å². The second-order valence-corrected chi connectivity index (χ2v) is 12.8. The van der Waals surface area contributed by atoms with Crippen LogP contribution >= 0.6 is 0 Å². The van der Waals surface area contributed by atoms with Gasteiger partial charge in [-0.1, -0.05) is 72.8 Å². The Morgan fingerprint density at radius 2 is 1.55 bits per heavy atom. The van der Waals surface area contributed by atoms with E-state index in [2.05, 4.69) is 15.6 Å². The number of aryl methyl sites for hydroxylation is 1. The summed E-state index contributed by atoms with van der Waals surface area (Å²) >= 11 is 0. The summed E-state index contributed by atoms with van der Waals surface area (Å²) in [6.45, 7) is 1.89. The highest BCUT2D eigenvalue weighted by Crippen LogP contribution is 2.18. The van der Waals surface area contributed by atoms with E-state index in [-0.39, 0.29) is 18.2 Å². The maximum absolute atomic E-state index is 14.2. The van der Waals surface area contributed by atoms with Crippen molar-refractivity contribution in [2.45, 2.75) is 24.6 Å². The maximum Gasteiger partial charge on any atom is 0.318 e. The van der Waals surface area contributed by atoms with Gasteiger partial charge in [0.1, 0.15) is 11.6 Å². The SMILES string of the molecule is O=C(NC(CS(=O)(=O)Cc1ccccc1)C(=O)N(CCCc1ccccc1)C(=O)c1nc2ccccc2o1)N1CCNCC1. The molecule has 12 heteroatoms. The van der Waals surface area contributed by atoms with E-state index in [9.17, 15) is 22.8 Å². The summed E-state index contributed by atoms with van der Waals surface area (Å²) in [6.07, 6.45) is 0.965. The number of piperazine rings is 1. The third kappa shape index (κ3) is 8.08. The highest BCUT2D eigenvalue weighted by molar-refractivity contribution is 7.90. The van der Waals surface area contributed by atoms with Gasteiger partial charge in [-0.05, 0) is 36.1 Å². The van der Waals surface area contributed by atoms with E-state index in [1.54, 1.807) is 54.6 Å². The smallest absolute Gasteiger partial charge is 0.318 e. The van der Waals surface area contributed by atoms with Gasteiger partial charge < -0.3 is 20.0 Å². The molecule has 1 saturated heterocycles. The number of fused-ring (bicyclic) bond motifs is 1. The van der Waals surface area contributed by atoms with Crippen molar-refractivity contribution in [3.05, 3.63) is 102 Å². The second-order valence-electron chi connectivity index (χ2n) is 10.7. The molecule has 5 rings (SSSR count). The number of aromatic nitrogens is 1. The number of oxazole rings is 1. The lowest BCUT2D eigenvalue weighted by atomic mass is 10.1. The third-order valence-electron chi connectivity index (χ3n) is 7.33. The van der Waals surface area contributed by atoms with Gasteiger partial charge in [-0.3, -0.25) is 14.5 Å². The van der Waals surface area contributed by atoms with Crippen LogP contribution < -0.4 is 10.6 Å². The van der Waals surface area contributed by atoms with Crippen LogP contribution in [-0.2, 0) is 26.8 Å². The zero-order valence-electron chi connectivity index (χ0n) is 24.2. The molecule has 1 atom stereocenters. The molecular formula is C32H35N5O6S. The maximum atomic E-state index is 14.2. The lowest BCUT2D eigenvalue weighted by Crippen LogP contribution is -2.58. The fourth-order valence-electron chi connectivity index (χ4n) is 5.09. The summed E-state index contributed by atoms with van der Waals surface area (Å²) in [7, 11) is -3.91. The minimum absolute atomic E-state index is 0.0377. The Kier molecular flexibility index (Phi) is 10.0. The quantitative estimate of drug-likeness (QED) is 0.262. The Morgan fingerprint density at radius 1 is 0.909 bits per heavy atom. The minimum atomic E-state index is -3.91. The average molecular weight is 618 g/mol. The molecular weight excluding hydrogens is 582 g/mol. The lowest BCUT2D eigenvalue weighted by molar-refractivity contribution is -0.130. The Labute approximate surface area is 256 Å². The molecule has 0 saturated carbocycles. The fourth-order valence-corrected chi connectivity index (χ4v) is 6.64. The van der Waals surface area contributed by atoms with Crippen molar-refractivity contribution in [3.63, 3.8) is 0 Å². The van der Waals surface area contributed by atoms with E-state index in [1.807, 2.05) is 30.3 Å². The Bertz CT molecular complexity index is 1650. The molecule has 44 heavy (non-hydrogen) atoms. The largest absolute Gasteiger partial charge is 0.432 e. The molecule has 1 aliphatic heterocycles. The molecule has 11 nitrogen and oxygen atoms in total. The van der Waals surface area contributed by atoms with E-state index < -0.39 is 39.5 Å². The van der Waals surface area contributed by atoms with Crippen molar-refractivity contribution in [3.8, 4) is 0 Å². The first kappa shape index (κ1) is 30.9. The van der Waals surface area contributed by atoms with Gasteiger partial charge in [0, 0.05) is 32.7 Å². The second kappa shape index (κ2) is 14.3. The number of carbonyl (C=O) groups is 3. The Balaban J connectivity index is 1.43. The number of hydrogen-bond donors (Lipinski definition) is 2. The molecule has 0 aliphatic carbocycles. The van der Waals surface area contributed by atoms with Crippen LogP contribution in [-0.4, -0.2) is 85.6 Å². The number of imide groups is 1. The number of nitrogens with zero attached hydrogens (tertiary/aromatic N) is 3. The molecule has 0 bridgehead atoms. The molecule has 1 unspecified atom stereocenters. The Morgan fingerprint density at radius 3 is 2.23 bits per heavy atom. The van der Waals surface area contributed by atoms with Gasteiger partial charge in [0.2, 0.25) is 0 Å². The van der Waals surface area contributed by atoms with Crippen molar-refractivity contribution in [2.24, 2.45) is 0 Å². The number of urea groups is 1. The molecule has 0 radical (unpaired) electrons. The van der Waals surface area contributed by atoms with E-state index in [4.69, 9.17) is 4.42 Å². The number of carbonyl (C=O) groups excluding carboxylic acids is 3. The van der Waals surface area contributed by atoms with Crippen molar-refractivity contribution in [2.75, 3.05) is 38.5 Å². The van der Waals surface area contributed by atoms with Crippen molar-refractivity contribution < 1.29 is 27.2 Å². The zero-order valence-corrected chi connectivity index (χ0v) is 25.0. The lowest BCUT2D eigenvalue weighted by Gasteiger charge is -2.31. The summed E-state index contributed by atoms with van der Waals surface area (Å²) < 4.78 is 32.5. The number of para-hydroxylation sites is 2. The molecule has 230 valence electrons. The van der Waals surface area contributed by atoms with Crippen LogP contribution in [0.25, 0.3) is 11.1 Å². The summed E-state index contributed by atoms with van der Waals surface area (Å²) in [5, 5.41) is 5.79. The fraction of sp³-hybridized carbons (Fsp3) is 0.312. The average Bonchev–Trinajstić information content (AvgIpc) is 3.48. The van der Waals surface area contributed by atoms with Crippen molar-refractivity contribution >= 4 is 38.8 Å². The summed E-state index contributed by atoms with van der Waals surface area (Å²) in [4.78, 5) is 48.0. The highest BCUT2D eigenvalue weighted by Gasteiger charge is 2.36. The molecule has 1 fully saturated rings. The molecule has 1 aliphatic rings. The predicted octanol–water partition coefficient (Wildman–Crippen LogP) is 3.03. The zero-order chi connectivity index (χ0) is 30.9. The van der Waals surface area contributed by atoms with E-state index in [0.29, 0.717) is 55.7 Å². The molecule has 1 aromatic heterocycles. The standard InChI is InChI=1S/C32H35N5O6S/c38-30(27(35-32(40)36-20-17-33-18-21-36)23-44(41,42)22-25-12-5-2-6-13-25)37(19-9-14-24-10-3-1-4-11-24)31(39)29-34-26-15-7-8-16-28(26)43-29/h1-8,10-13,15-16,27,33H,9,14,17-23H2,(H,35,40). The van der Waals surface area contributed by atoms with Crippen molar-refractivity contribution in [1.82, 2.24) is 25.4 Å².